The summed E-state index contributed by atoms with van der Waals surface area (Å²) in [5.74, 6) is -14.0. The van der Waals surface area contributed by atoms with E-state index in [1.54, 1.807) is 18.3 Å². The number of nitrogens with one attached hydrogen (secondary N) is 16. The minimum Gasteiger partial charge on any atom is -0.481 e. The second-order valence-electron chi connectivity index (χ2n) is 35.6. The standard InChI is InChI=1S/C91H153N23O18/c1-57(74(119)105-64(73(98)118)37-19-29-49-92)101-84(129)88(5)45-25-13-9-10-15-27-47-90(7,86(131)102-58(2)75(120)106-65(38-20-30-50-93)78(123)100-60(4)77(122)111-88)113-82(127)69(42-24-34-54-97)108-80(125)67(40-22-32-52-95)110-87(132)91(8)48-28-16-12-11-14-26-46-89(6,112-81(126)68(41-23-33-53-96)104-71(115)43-44-72(116)117)85(130)103-59(3)76(121)107-66(39-21-31-51-94)79(124)109-70(83(128)114-91)55-61-56-99-63-36-18-17-35-62(61)63/h9-12,17-18,35-36,56-60,64-70,99H,13-16,19-34,37-55,92-97H2,1-8H3,(H2,98,118)(H,100,123)(H,101,129)(H,102,131)(H,103,130)(H,104,115)(H,105,119)(H,106,120)(H,107,121)(H,108,125)(H,109,124)(H,110,132)(H,111,122)(H,112,126)(H,113,127)(H,114,128)(H,116,117)/b10-9-,12-11-/t57-,58-,59-,60-,64-,65-,66-,67-,68-,69-,70-,88+,89+,90+,91+/m0/s1. The summed E-state index contributed by atoms with van der Waals surface area (Å²) in [5.41, 5.74) is 34.9. The van der Waals surface area contributed by atoms with Crippen LogP contribution in [-0.4, -0.2) is 238 Å². The highest BCUT2D eigenvalue weighted by molar-refractivity contribution is 6.03. The van der Waals surface area contributed by atoms with Gasteiger partial charge in [-0.1, -0.05) is 42.5 Å². The number of benzene rings is 1. The molecule has 740 valence electrons. The Labute approximate surface area is 774 Å². The first-order chi connectivity index (χ1) is 62.7. The molecule has 2 aromatic rings. The lowest BCUT2D eigenvalue weighted by molar-refractivity contribution is -0.139. The van der Waals surface area contributed by atoms with Crippen LogP contribution in [0, 0.1) is 0 Å². The third-order valence-corrected chi connectivity index (χ3v) is 23.9. The van der Waals surface area contributed by atoms with Crippen LogP contribution in [0.15, 0.2) is 54.8 Å². The van der Waals surface area contributed by atoms with Gasteiger partial charge in [0.1, 0.15) is 88.6 Å². The number of H-pyrrole nitrogens is 1. The molecular formula is C91H153N23O18. The lowest BCUT2D eigenvalue weighted by atomic mass is 9.91. The zero-order valence-corrected chi connectivity index (χ0v) is 78.6. The molecule has 16 amide bonds. The summed E-state index contributed by atoms with van der Waals surface area (Å²) >= 11 is 0. The van der Waals surface area contributed by atoms with Gasteiger partial charge in [-0.25, -0.2) is 0 Å². The number of carbonyl (C=O) groups is 17. The number of carbonyl (C=O) groups excluding carboxylic acids is 16. The van der Waals surface area contributed by atoms with Crippen molar-refractivity contribution >= 4 is 111 Å². The lowest BCUT2D eigenvalue weighted by Crippen LogP contribution is -2.65. The van der Waals surface area contributed by atoms with E-state index >= 15 is 28.8 Å². The molecule has 15 atom stereocenters. The predicted molar refractivity (Wildman–Crippen MR) is 499 cm³/mol. The van der Waals surface area contributed by atoms with Crippen LogP contribution in [0.5, 0.6) is 0 Å². The molecule has 0 fully saturated rings. The Morgan fingerprint density at radius 2 is 0.811 bits per heavy atom. The fraction of sp³-hybridized carbons (Fsp3) is 0.681. The van der Waals surface area contributed by atoms with Crippen LogP contribution in [-0.2, 0) is 87.9 Å². The molecule has 0 aliphatic carbocycles. The van der Waals surface area contributed by atoms with Gasteiger partial charge < -0.3 is 130 Å². The van der Waals surface area contributed by atoms with Gasteiger partial charge in [0.05, 0.1) is 6.42 Å². The first kappa shape index (κ1) is 113. The maximum absolute atomic E-state index is 15.7. The number of fused-ring (bicyclic) bond motifs is 1. The number of carboxylic acids is 1. The monoisotopic (exact) mass is 1860 g/mol. The molecule has 0 bridgehead atoms. The van der Waals surface area contributed by atoms with Gasteiger partial charge in [0.2, 0.25) is 94.5 Å². The van der Waals surface area contributed by atoms with E-state index in [0.29, 0.717) is 106 Å². The number of aromatic nitrogens is 1. The van der Waals surface area contributed by atoms with Crippen molar-refractivity contribution in [1.82, 2.24) is 84.7 Å². The number of nitrogens with two attached hydrogens (primary N) is 7. The van der Waals surface area contributed by atoms with Crippen LogP contribution < -0.4 is 120 Å². The van der Waals surface area contributed by atoms with Gasteiger partial charge in [-0.15, -0.1) is 0 Å². The van der Waals surface area contributed by atoms with E-state index in [0.717, 1.165) is 0 Å². The minimum absolute atomic E-state index is 0.000445. The zero-order chi connectivity index (χ0) is 98.2. The Morgan fingerprint density at radius 1 is 0.424 bits per heavy atom. The molecule has 4 rings (SSSR count). The van der Waals surface area contributed by atoms with Crippen molar-refractivity contribution in [2.24, 2.45) is 40.1 Å². The van der Waals surface area contributed by atoms with Gasteiger partial charge in [0, 0.05) is 29.9 Å². The Balaban J connectivity index is 1.80. The number of unbranched alkanes of at least 4 members (excludes halogenated alkanes) is 6. The molecule has 1 aromatic carbocycles. The number of hydrogen-bond acceptors (Lipinski definition) is 23. The van der Waals surface area contributed by atoms with Crippen LogP contribution in [0.25, 0.3) is 10.9 Å². The molecule has 41 heteroatoms. The van der Waals surface area contributed by atoms with Crippen LogP contribution in [0.1, 0.15) is 266 Å². The van der Waals surface area contributed by atoms with Gasteiger partial charge >= 0.3 is 5.97 Å². The van der Waals surface area contributed by atoms with E-state index in [9.17, 15) is 57.8 Å². The summed E-state index contributed by atoms with van der Waals surface area (Å²) in [5, 5.41) is 51.4. The van der Waals surface area contributed by atoms with E-state index in [1.807, 2.05) is 36.4 Å². The van der Waals surface area contributed by atoms with Gasteiger partial charge in [-0.05, 0) is 299 Å². The van der Waals surface area contributed by atoms with E-state index in [-0.39, 0.29) is 148 Å². The van der Waals surface area contributed by atoms with Crippen molar-refractivity contribution in [3.05, 3.63) is 60.3 Å². The second kappa shape index (κ2) is 58.8. The maximum Gasteiger partial charge on any atom is 0.303 e. The van der Waals surface area contributed by atoms with Crippen molar-refractivity contribution in [2.45, 2.75) is 356 Å². The van der Waals surface area contributed by atoms with Crippen molar-refractivity contribution < 1.29 is 86.6 Å². The van der Waals surface area contributed by atoms with E-state index < -0.39 is 202 Å². The van der Waals surface area contributed by atoms with Crippen molar-refractivity contribution in [3.63, 3.8) is 0 Å². The Kier molecular flexibility index (Phi) is 50.5. The number of carboxylic acid groups (broad SMARTS) is 1. The summed E-state index contributed by atoms with van der Waals surface area (Å²) in [6.07, 6.45) is 14.8. The zero-order valence-electron chi connectivity index (χ0n) is 78.6. The first-order valence-electron chi connectivity index (χ1n) is 46.9. The number of para-hydroxylation sites is 1. The molecular weight excluding hydrogens is 1700 g/mol. The van der Waals surface area contributed by atoms with E-state index in [4.69, 9.17) is 40.1 Å². The van der Waals surface area contributed by atoms with Crippen molar-refractivity contribution in [1.29, 1.82) is 0 Å². The average molecular weight is 1860 g/mol. The van der Waals surface area contributed by atoms with E-state index in [2.05, 4.69) is 84.7 Å². The molecule has 3 heterocycles. The predicted octanol–water partition coefficient (Wildman–Crippen LogP) is -0.433. The Morgan fingerprint density at radius 3 is 1.27 bits per heavy atom. The smallest absolute Gasteiger partial charge is 0.303 e. The molecule has 0 spiro atoms. The summed E-state index contributed by atoms with van der Waals surface area (Å²) in [4.78, 5) is 246. The highest BCUT2D eigenvalue weighted by Gasteiger charge is 2.45. The van der Waals surface area contributed by atoms with Crippen LogP contribution in [0.3, 0.4) is 0 Å². The number of primary amides is 1. The Hall–Kier alpha value is -11.0. The largest absolute Gasteiger partial charge is 0.481 e. The van der Waals surface area contributed by atoms with Crippen LogP contribution >= 0.6 is 0 Å². The molecule has 0 saturated carbocycles. The second-order valence-corrected chi connectivity index (χ2v) is 35.6. The molecule has 31 N–H and O–H groups in total. The van der Waals surface area contributed by atoms with Crippen LogP contribution in [0.2, 0.25) is 0 Å². The number of amides is 16. The molecule has 1 aromatic heterocycles. The molecule has 41 nitrogen and oxygen atoms in total. The maximum atomic E-state index is 15.7. The average Bonchev–Trinajstić information content (AvgIpc) is 1.66. The van der Waals surface area contributed by atoms with Gasteiger partial charge in [0.25, 0.3) is 0 Å². The fourth-order valence-corrected chi connectivity index (χ4v) is 15.4. The SMILES string of the molecule is C[C@@H]1NC(=O)[C@H](CCCCN)NC(=O)[C@H](C)NC(=O)[C@](C)(NC(=O)[C@H](CCCCN)NC(=O)[C@H](CCCCN)NC(=O)[C@@]2(C)CCC/C=C\CCC[C@@](C)(NC(=O)[C@H](CCCCN)NC(=O)CCC(=O)O)C(=O)N[C@@H](C)C(=O)N[C@@H](CCCCN)C(=O)N[C@@H](Cc3c[nH]c4ccccc34)C(=O)N2)CCC/C=C\CCC[C@](C)(C(=O)N[C@@H](C)C(=O)N[C@@H](CCCCN)C(N)=O)NC1=O. The molecule has 2 aliphatic rings. The van der Waals surface area contributed by atoms with Crippen molar-refractivity contribution in [3.8, 4) is 0 Å². The van der Waals surface area contributed by atoms with E-state index in [1.165, 1.54) is 55.4 Å². The van der Waals surface area contributed by atoms with Gasteiger partial charge in [-0.2, -0.15) is 0 Å². The number of rotatable bonds is 43. The van der Waals surface area contributed by atoms with Gasteiger partial charge in [0.15, 0.2) is 0 Å². The number of hydrogen-bond donors (Lipinski definition) is 24. The highest BCUT2D eigenvalue weighted by atomic mass is 16.4. The summed E-state index contributed by atoms with van der Waals surface area (Å²) in [6.45, 7) is 12.8. The first-order valence-corrected chi connectivity index (χ1v) is 46.9. The van der Waals surface area contributed by atoms with Gasteiger partial charge in [-0.3, -0.25) is 81.5 Å². The normalized spacial score (nSPS) is 24.6. The fourth-order valence-electron chi connectivity index (χ4n) is 15.4. The molecule has 0 saturated heterocycles. The molecule has 132 heavy (non-hydrogen) atoms. The number of aromatic amines is 1. The Bertz CT molecular complexity index is 4200. The topological polar surface area (TPSA) is 689 Å². The summed E-state index contributed by atoms with van der Waals surface area (Å²) in [6, 6.07) is -7.35. The van der Waals surface area contributed by atoms with Crippen LogP contribution in [0.4, 0.5) is 0 Å². The third kappa shape index (κ3) is 39.0. The number of aliphatic carboxylic acids is 1. The molecule has 2 aliphatic heterocycles. The van der Waals surface area contributed by atoms with Crippen molar-refractivity contribution in [2.75, 3.05) is 39.3 Å². The minimum atomic E-state index is -1.92. The highest BCUT2D eigenvalue weighted by Crippen LogP contribution is 2.26. The quantitative estimate of drug-likeness (QED) is 0.0296. The molecule has 0 radical (unpaired) electrons. The number of allylic oxidation sites excluding steroid dienone is 4. The third-order valence-electron chi connectivity index (χ3n) is 23.9. The molecule has 0 unspecified atom stereocenters. The summed E-state index contributed by atoms with van der Waals surface area (Å²) in [7, 11) is 0. The summed E-state index contributed by atoms with van der Waals surface area (Å²) < 4.78 is 0. The lowest BCUT2D eigenvalue weighted by Gasteiger charge is -2.34.